The van der Waals surface area contributed by atoms with Gasteiger partial charge in [-0.05, 0) is 61.1 Å². The van der Waals surface area contributed by atoms with Gasteiger partial charge in [0.1, 0.15) is 11.9 Å². The summed E-state index contributed by atoms with van der Waals surface area (Å²) < 4.78 is 11.8. The van der Waals surface area contributed by atoms with E-state index in [0.29, 0.717) is 30.5 Å². The molecule has 3 fully saturated rings. The molecule has 3 rings (SSSR count). The van der Waals surface area contributed by atoms with Crippen LogP contribution in [0.3, 0.4) is 0 Å². The summed E-state index contributed by atoms with van der Waals surface area (Å²) in [5.74, 6) is 1.36. The first-order valence-electron chi connectivity index (χ1n) is 11.2. The molecule has 160 valence electrons. The summed E-state index contributed by atoms with van der Waals surface area (Å²) in [6.45, 7) is 16.9. The van der Waals surface area contributed by atoms with Crippen molar-refractivity contribution < 1.29 is 18.8 Å². The lowest BCUT2D eigenvalue weighted by molar-refractivity contribution is -0.144. The molecule has 1 heterocycles. The molecule has 0 amide bonds. The first-order valence-corrected chi connectivity index (χ1v) is 14.1. The molecular formula is C23H40O4Si. The standard InChI is InChI=1S/C23H40O4Si/c1-15(9-8-12-26-28(6,7)22(2,3)4)17-14-18(24)21-16-13-20(25)27-19(16)10-11-23(17,21)5/h15-17,19,21H,8-14H2,1-7H3/t15-,16+,17-,19+,21+,23-/m1/s1. The average Bonchev–Trinajstić information content (AvgIpc) is 3.06. The summed E-state index contributed by atoms with van der Waals surface area (Å²) in [5, 5.41) is 0.247. The van der Waals surface area contributed by atoms with E-state index in [0.717, 1.165) is 32.3 Å². The summed E-state index contributed by atoms with van der Waals surface area (Å²) in [5.41, 5.74) is 0.0337. The van der Waals surface area contributed by atoms with Crippen LogP contribution < -0.4 is 0 Å². The minimum absolute atomic E-state index is 0.0124. The van der Waals surface area contributed by atoms with Crippen molar-refractivity contribution in [3.05, 3.63) is 0 Å². The van der Waals surface area contributed by atoms with Gasteiger partial charge in [0.25, 0.3) is 0 Å². The second kappa shape index (κ2) is 7.53. The molecular weight excluding hydrogens is 368 g/mol. The largest absolute Gasteiger partial charge is 0.462 e. The van der Waals surface area contributed by atoms with E-state index < -0.39 is 8.32 Å². The predicted molar refractivity (Wildman–Crippen MR) is 113 cm³/mol. The molecule has 28 heavy (non-hydrogen) atoms. The molecule has 3 aliphatic rings. The van der Waals surface area contributed by atoms with Gasteiger partial charge in [0.05, 0.1) is 6.42 Å². The number of ketones is 1. The van der Waals surface area contributed by atoms with Crippen LogP contribution in [0.25, 0.3) is 0 Å². The van der Waals surface area contributed by atoms with Gasteiger partial charge in [-0.15, -0.1) is 0 Å². The van der Waals surface area contributed by atoms with Crippen LogP contribution in [-0.2, 0) is 18.8 Å². The van der Waals surface area contributed by atoms with Gasteiger partial charge in [-0.1, -0.05) is 34.6 Å². The highest BCUT2D eigenvalue weighted by Crippen LogP contribution is 2.60. The molecule has 0 spiro atoms. The smallest absolute Gasteiger partial charge is 0.306 e. The summed E-state index contributed by atoms with van der Waals surface area (Å²) >= 11 is 0. The first-order chi connectivity index (χ1) is 12.9. The lowest BCUT2D eigenvalue weighted by Gasteiger charge is -2.46. The number of ether oxygens (including phenoxy) is 1. The zero-order chi connectivity index (χ0) is 20.9. The average molecular weight is 409 g/mol. The topological polar surface area (TPSA) is 52.6 Å². The Labute approximate surface area is 172 Å². The van der Waals surface area contributed by atoms with Crippen molar-refractivity contribution in [1.82, 2.24) is 0 Å². The van der Waals surface area contributed by atoms with Crippen molar-refractivity contribution in [2.24, 2.45) is 29.1 Å². The van der Waals surface area contributed by atoms with Crippen LogP contribution in [-0.4, -0.2) is 32.8 Å². The Hall–Kier alpha value is -0.683. The van der Waals surface area contributed by atoms with E-state index in [1.807, 2.05) is 0 Å². The third-order valence-electron chi connectivity index (χ3n) is 8.64. The molecule has 6 atom stereocenters. The quantitative estimate of drug-likeness (QED) is 0.337. The molecule has 1 saturated heterocycles. The molecule has 0 bridgehead atoms. The van der Waals surface area contributed by atoms with E-state index in [-0.39, 0.29) is 34.4 Å². The summed E-state index contributed by atoms with van der Waals surface area (Å²) in [6.07, 6.45) is 5.22. The normalized spacial score (nSPS) is 36.8. The highest BCUT2D eigenvalue weighted by Gasteiger charge is 2.61. The van der Waals surface area contributed by atoms with Crippen LogP contribution in [0.2, 0.25) is 18.1 Å². The number of esters is 1. The van der Waals surface area contributed by atoms with Crippen molar-refractivity contribution in [2.75, 3.05) is 6.61 Å². The number of hydrogen-bond acceptors (Lipinski definition) is 4. The maximum atomic E-state index is 13.0. The molecule has 0 unspecified atom stereocenters. The maximum Gasteiger partial charge on any atom is 0.306 e. The molecule has 2 saturated carbocycles. The number of carbonyl (C=O) groups is 2. The Kier molecular flexibility index (Phi) is 5.92. The second-order valence-electron chi connectivity index (χ2n) is 11.4. The van der Waals surface area contributed by atoms with Crippen molar-refractivity contribution in [1.29, 1.82) is 0 Å². The molecule has 1 aliphatic heterocycles. The fourth-order valence-corrected chi connectivity index (χ4v) is 7.02. The number of rotatable bonds is 6. The molecule has 4 nitrogen and oxygen atoms in total. The maximum absolute atomic E-state index is 13.0. The lowest BCUT2D eigenvalue weighted by Crippen LogP contribution is -2.45. The van der Waals surface area contributed by atoms with Crippen LogP contribution >= 0.6 is 0 Å². The highest BCUT2D eigenvalue weighted by atomic mass is 28.4. The van der Waals surface area contributed by atoms with E-state index in [2.05, 4.69) is 47.7 Å². The Morgan fingerprint density at radius 2 is 1.93 bits per heavy atom. The zero-order valence-electron chi connectivity index (χ0n) is 19.0. The molecule has 0 aromatic carbocycles. The Balaban J connectivity index is 1.58. The Morgan fingerprint density at radius 3 is 2.57 bits per heavy atom. The van der Waals surface area contributed by atoms with Crippen molar-refractivity contribution in [2.45, 2.75) is 97.4 Å². The molecule has 0 aromatic rings. The van der Waals surface area contributed by atoms with Crippen LogP contribution in [0.4, 0.5) is 0 Å². The summed E-state index contributed by atoms with van der Waals surface area (Å²) in [7, 11) is -1.68. The van der Waals surface area contributed by atoms with E-state index in [1.165, 1.54) is 0 Å². The van der Waals surface area contributed by atoms with E-state index >= 15 is 0 Å². The van der Waals surface area contributed by atoms with Crippen LogP contribution in [0.15, 0.2) is 0 Å². The van der Waals surface area contributed by atoms with Crippen molar-refractivity contribution in [3.8, 4) is 0 Å². The fraction of sp³-hybridized carbons (Fsp3) is 0.913. The molecule has 2 aliphatic carbocycles. The second-order valence-corrected chi connectivity index (χ2v) is 16.2. The predicted octanol–water partition coefficient (Wildman–Crippen LogP) is 5.36. The fourth-order valence-electron chi connectivity index (χ4n) is 5.93. The highest BCUT2D eigenvalue weighted by molar-refractivity contribution is 6.74. The molecule has 0 aromatic heterocycles. The van der Waals surface area contributed by atoms with E-state index in [1.54, 1.807) is 0 Å². The van der Waals surface area contributed by atoms with Crippen LogP contribution in [0.5, 0.6) is 0 Å². The molecule has 0 N–H and O–H groups in total. The number of hydrogen-bond donors (Lipinski definition) is 0. The summed E-state index contributed by atoms with van der Waals surface area (Å²) in [4.78, 5) is 24.8. The van der Waals surface area contributed by atoms with E-state index in [9.17, 15) is 9.59 Å². The van der Waals surface area contributed by atoms with E-state index in [4.69, 9.17) is 9.16 Å². The number of carbonyl (C=O) groups excluding carboxylic acids is 2. The first kappa shape index (κ1) is 22.0. The van der Waals surface area contributed by atoms with Gasteiger partial charge < -0.3 is 9.16 Å². The summed E-state index contributed by atoms with van der Waals surface area (Å²) in [6, 6.07) is 0. The SMILES string of the molecule is C[C@H](CCCO[Si](C)(C)C(C)(C)C)[C@H]1CC(=O)[C@@H]2[C@H]3CC(=O)O[C@H]3CC[C@]12C. The van der Waals surface area contributed by atoms with Gasteiger partial charge in [0, 0.05) is 24.9 Å². The van der Waals surface area contributed by atoms with Gasteiger partial charge in [-0.3, -0.25) is 9.59 Å². The minimum Gasteiger partial charge on any atom is -0.462 e. The third kappa shape index (κ3) is 3.85. The monoisotopic (exact) mass is 408 g/mol. The number of fused-ring (bicyclic) bond motifs is 3. The molecule has 0 radical (unpaired) electrons. The minimum atomic E-state index is -1.68. The van der Waals surface area contributed by atoms with Crippen LogP contribution in [0.1, 0.15) is 73.1 Å². The van der Waals surface area contributed by atoms with Gasteiger partial charge >= 0.3 is 5.97 Å². The van der Waals surface area contributed by atoms with Crippen LogP contribution in [0, 0.1) is 29.1 Å². The number of Topliss-reactive ketones (excluding diaryl/α,β-unsaturated/α-hetero) is 1. The zero-order valence-corrected chi connectivity index (χ0v) is 20.0. The lowest BCUT2D eigenvalue weighted by atomic mass is 9.58. The van der Waals surface area contributed by atoms with Crippen molar-refractivity contribution in [3.63, 3.8) is 0 Å². The van der Waals surface area contributed by atoms with Gasteiger partial charge in [-0.2, -0.15) is 0 Å². The Morgan fingerprint density at radius 1 is 1.25 bits per heavy atom. The Bertz CT molecular complexity index is 623. The van der Waals surface area contributed by atoms with Gasteiger partial charge in [-0.25, -0.2) is 0 Å². The van der Waals surface area contributed by atoms with Gasteiger partial charge in [0.15, 0.2) is 8.32 Å². The van der Waals surface area contributed by atoms with Gasteiger partial charge in [0.2, 0.25) is 0 Å². The van der Waals surface area contributed by atoms with Crippen molar-refractivity contribution >= 4 is 20.1 Å². The third-order valence-corrected chi connectivity index (χ3v) is 13.2. The molecule has 5 heteroatoms.